The number of non-ortho nitro benzene ring substituents is 1. The van der Waals surface area contributed by atoms with Gasteiger partial charge in [-0.05, 0) is 29.8 Å². The molecule has 25 heavy (non-hydrogen) atoms. The lowest BCUT2D eigenvalue weighted by Gasteiger charge is -2.14. The van der Waals surface area contributed by atoms with Gasteiger partial charge in [0.1, 0.15) is 0 Å². The summed E-state index contributed by atoms with van der Waals surface area (Å²) in [4.78, 5) is 22.3. The zero-order valence-electron chi connectivity index (χ0n) is 14.1. The van der Waals surface area contributed by atoms with Crippen LogP contribution in [-0.2, 0) is 6.54 Å². The predicted molar refractivity (Wildman–Crippen MR) is 90.4 cm³/mol. The number of hydrogen-bond acceptors (Lipinski definition) is 6. The van der Waals surface area contributed by atoms with E-state index in [4.69, 9.17) is 14.2 Å². The molecule has 0 radical (unpaired) electrons. The predicted octanol–water partition coefficient (Wildman–Crippen LogP) is 2.55. The second-order valence-electron chi connectivity index (χ2n) is 5.02. The van der Waals surface area contributed by atoms with Crippen molar-refractivity contribution in [3.8, 4) is 17.2 Å². The van der Waals surface area contributed by atoms with Crippen LogP contribution in [0.25, 0.3) is 0 Å². The summed E-state index contributed by atoms with van der Waals surface area (Å²) in [7, 11) is 4.53. The van der Waals surface area contributed by atoms with Crippen molar-refractivity contribution in [3.63, 3.8) is 0 Å². The summed E-state index contributed by atoms with van der Waals surface area (Å²) >= 11 is 0. The van der Waals surface area contributed by atoms with Gasteiger partial charge in [-0.25, -0.2) is 0 Å². The summed E-state index contributed by atoms with van der Waals surface area (Å²) in [5.41, 5.74) is 1.02. The van der Waals surface area contributed by atoms with E-state index in [1.165, 1.54) is 45.6 Å². The van der Waals surface area contributed by atoms with Crippen molar-refractivity contribution in [1.82, 2.24) is 5.32 Å². The van der Waals surface area contributed by atoms with Crippen LogP contribution in [0.1, 0.15) is 15.9 Å². The van der Waals surface area contributed by atoms with E-state index in [1.54, 1.807) is 12.1 Å². The number of amides is 1. The Labute approximate surface area is 144 Å². The van der Waals surface area contributed by atoms with Gasteiger partial charge in [0.05, 0.1) is 26.3 Å². The molecule has 0 atom stereocenters. The Kier molecular flexibility index (Phi) is 5.78. The third kappa shape index (κ3) is 4.17. The Balaban J connectivity index is 2.12. The topological polar surface area (TPSA) is 99.9 Å². The molecule has 2 aromatic carbocycles. The van der Waals surface area contributed by atoms with Gasteiger partial charge in [-0.2, -0.15) is 0 Å². The number of nitrogens with zero attached hydrogens (tertiary/aromatic N) is 1. The van der Waals surface area contributed by atoms with Crippen molar-refractivity contribution in [2.24, 2.45) is 0 Å². The Morgan fingerprint density at radius 3 is 2.04 bits per heavy atom. The number of hydrogen-bond donors (Lipinski definition) is 1. The molecule has 0 unspecified atom stereocenters. The minimum absolute atomic E-state index is 0.0684. The average Bonchev–Trinajstić information content (AvgIpc) is 2.64. The highest BCUT2D eigenvalue weighted by Gasteiger charge is 2.14. The number of nitrogens with one attached hydrogen (secondary N) is 1. The Bertz CT molecular complexity index is 748. The van der Waals surface area contributed by atoms with E-state index in [2.05, 4.69) is 5.32 Å². The number of carbonyl (C=O) groups excluding carboxylic acids is 1. The summed E-state index contributed by atoms with van der Waals surface area (Å²) in [5.74, 6) is 1.10. The molecule has 0 saturated heterocycles. The third-order valence-electron chi connectivity index (χ3n) is 3.52. The van der Waals surface area contributed by atoms with E-state index in [-0.39, 0.29) is 18.1 Å². The van der Waals surface area contributed by atoms with Gasteiger partial charge in [0.15, 0.2) is 11.5 Å². The van der Waals surface area contributed by atoms with Crippen molar-refractivity contribution < 1.29 is 23.9 Å². The van der Waals surface area contributed by atoms with Gasteiger partial charge in [0, 0.05) is 24.2 Å². The van der Waals surface area contributed by atoms with E-state index in [0.29, 0.717) is 22.8 Å². The summed E-state index contributed by atoms with van der Waals surface area (Å²) in [6.45, 7) is 0.229. The summed E-state index contributed by atoms with van der Waals surface area (Å²) in [6, 6.07) is 8.85. The van der Waals surface area contributed by atoms with Gasteiger partial charge in [-0.1, -0.05) is 0 Å². The third-order valence-corrected chi connectivity index (χ3v) is 3.52. The molecule has 0 saturated carbocycles. The molecule has 0 aromatic heterocycles. The van der Waals surface area contributed by atoms with Crippen LogP contribution in [0, 0.1) is 10.1 Å². The van der Waals surface area contributed by atoms with Gasteiger partial charge < -0.3 is 19.5 Å². The molecule has 0 fully saturated rings. The first-order valence-electron chi connectivity index (χ1n) is 7.31. The van der Waals surface area contributed by atoms with E-state index < -0.39 is 4.92 Å². The molecule has 0 aliphatic heterocycles. The molecular formula is C17H18N2O6. The fraction of sp³-hybridized carbons (Fsp3) is 0.235. The van der Waals surface area contributed by atoms with Crippen LogP contribution in [-0.4, -0.2) is 32.2 Å². The van der Waals surface area contributed by atoms with Crippen molar-refractivity contribution in [2.45, 2.75) is 6.54 Å². The normalized spacial score (nSPS) is 10.0. The van der Waals surface area contributed by atoms with Gasteiger partial charge in [-0.3, -0.25) is 14.9 Å². The maximum Gasteiger partial charge on any atom is 0.269 e. The fourth-order valence-electron chi connectivity index (χ4n) is 2.26. The number of ether oxygens (including phenoxy) is 3. The van der Waals surface area contributed by atoms with Crippen LogP contribution in [0.15, 0.2) is 36.4 Å². The maximum atomic E-state index is 12.2. The Hall–Kier alpha value is -3.29. The number of carbonyl (C=O) groups is 1. The SMILES string of the molecule is COc1cc(CNC(=O)c2ccc([N+](=O)[O-])cc2)cc(OC)c1OC. The molecule has 2 rings (SSSR count). The van der Waals surface area contributed by atoms with Gasteiger partial charge in [0.2, 0.25) is 5.75 Å². The number of rotatable bonds is 7. The minimum Gasteiger partial charge on any atom is -0.493 e. The first-order chi connectivity index (χ1) is 12.0. The van der Waals surface area contributed by atoms with E-state index in [9.17, 15) is 14.9 Å². The van der Waals surface area contributed by atoms with Crippen LogP contribution in [0.2, 0.25) is 0 Å². The lowest BCUT2D eigenvalue weighted by atomic mass is 10.1. The monoisotopic (exact) mass is 346 g/mol. The number of methoxy groups -OCH3 is 3. The molecule has 2 aromatic rings. The van der Waals surface area contributed by atoms with Gasteiger partial charge in [0.25, 0.3) is 11.6 Å². The molecule has 132 valence electrons. The van der Waals surface area contributed by atoms with E-state index >= 15 is 0 Å². The smallest absolute Gasteiger partial charge is 0.269 e. The Morgan fingerprint density at radius 2 is 1.60 bits per heavy atom. The van der Waals surface area contributed by atoms with Gasteiger partial charge in [-0.15, -0.1) is 0 Å². The molecule has 0 aliphatic rings. The summed E-state index contributed by atoms with van der Waals surface area (Å²) in [6.07, 6.45) is 0. The molecule has 8 heteroatoms. The Morgan fingerprint density at radius 1 is 1.04 bits per heavy atom. The van der Waals surface area contributed by atoms with Crippen LogP contribution in [0.3, 0.4) is 0 Å². The molecule has 1 amide bonds. The molecule has 1 N–H and O–H groups in total. The van der Waals surface area contributed by atoms with Crippen LogP contribution in [0.4, 0.5) is 5.69 Å². The number of benzene rings is 2. The molecule has 0 spiro atoms. The minimum atomic E-state index is -0.516. The highest BCUT2D eigenvalue weighted by atomic mass is 16.6. The van der Waals surface area contributed by atoms with Crippen molar-refractivity contribution in [1.29, 1.82) is 0 Å². The fourth-order valence-corrected chi connectivity index (χ4v) is 2.26. The standard InChI is InChI=1S/C17H18N2O6/c1-23-14-8-11(9-15(24-2)16(14)25-3)10-18-17(20)12-4-6-13(7-5-12)19(21)22/h4-9H,10H2,1-3H3,(H,18,20). The molecule has 0 aliphatic carbocycles. The second kappa shape index (κ2) is 8.00. The molecular weight excluding hydrogens is 328 g/mol. The quantitative estimate of drug-likeness (QED) is 0.611. The first-order valence-corrected chi connectivity index (χ1v) is 7.31. The molecule has 8 nitrogen and oxygen atoms in total. The van der Waals surface area contributed by atoms with E-state index in [1.807, 2.05) is 0 Å². The first kappa shape index (κ1) is 18.1. The van der Waals surface area contributed by atoms with E-state index in [0.717, 1.165) is 5.56 Å². The maximum absolute atomic E-state index is 12.2. The van der Waals surface area contributed by atoms with Crippen molar-refractivity contribution in [3.05, 3.63) is 57.6 Å². The van der Waals surface area contributed by atoms with Crippen LogP contribution < -0.4 is 19.5 Å². The van der Waals surface area contributed by atoms with Crippen molar-refractivity contribution in [2.75, 3.05) is 21.3 Å². The highest BCUT2D eigenvalue weighted by Crippen LogP contribution is 2.38. The summed E-state index contributed by atoms with van der Waals surface area (Å²) in [5, 5.41) is 13.4. The summed E-state index contributed by atoms with van der Waals surface area (Å²) < 4.78 is 15.8. The highest BCUT2D eigenvalue weighted by molar-refractivity contribution is 5.94. The largest absolute Gasteiger partial charge is 0.493 e. The molecule has 0 heterocycles. The van der Waals surface area contributed by atoms with Crippen molar-refractivity contribution >= 4 is 11.6 Å². The van der Waals surface area contributed by atoms with Crippen LogP contribution >= 0.6 is 0 Å². The average molecular weight is 346 g/mol. The zero-order chi connectivity index (χ0) is 18.4. The zero-order valence-corrected chi connectivity index (χ0v) is 14.1. The molecule has 0 bridgehead atoms. The lowest BCUT2D eigenvalue weighted by Crippen LogP contribution is -2.22. The number of nitro benzene ring substituents is 1. The van der Waals surface area contributed by atoms with Gasteiger partial charge >= 0.3 is 0 Å². The number of nitro groups is 1. The lowest BCUT2D eigenvalue weighted by molar-refractivity contribution is -0.384. The second-order valence-corrected chi connectivity index (χ2v) is 5.02. The van der Waals surface area contributed by atoms with Crippen LogP contribution in [0.5, 0.6) is 17.2 Å².